The van der Waals surface area contributed by atoms with Gasteiger partial charge in [0.25, 0.3) is 0 Å². The summed E-state index contributed by atoms with van der Waals surface area (Å²) in [5, 5.41) is 1.22. The van der Waals surface area contributed by atoms with Crippen molar-refractivity contribution in [2.75, 3.05) is 20.3 Å². The molecule has 3 aliphatic rings. The number of amides is 1. The number of methoxy groups -OCH3 is 1. The molecule has 1 unspecified atom stereocenters. The lowest BCUT2D eigenvalue weighted by Gasteiger charge is -2.40. The summed E-state index contributed by atoms with van der Waals surface area (Å²) in [5.74, 6) is 1.93. The predicted molar refractivity (Wildman–Crippen MR) is 111 cm³/mol. The van der Waals surface area contributed by atoms with E-state index in [1.807, 2.05) is 11.0 Å². The van der Waals surface area contributed by atoms with Crippen LogP contribution in [0.15, 0.2) is 36.4 Å². The van der Waals surface area contributed by atoms with Gasteiger partial charge in [-0.25, -0.2) is 0 Å². The summed E-state index contributed by atoms with van der Waals surface area (Å²) in [6, 6.07) is 12.4. The van der Waals surface area contributed by atoms with Crippen LogP contribution in [-0.4, -0.2) is 36.1 Å². The zero-order valence-electron chi connectivity index (χ0n) is 16.7. The number of para-hydroxylation sites is 1. The van der Waals surface area contributed by atoms with E-state index in [4.69, 9.17) is 9.47 Å². The van der Waals surface area contributed by atoms with Crippen LogP contribution in [0.25, 0.3) is 10.9 Å². The topological polar surface area (TPSA) is 54.6 Å². The molecule has 1 fully saturated rings. The van der Waals surface area contributed by atoms with E-state index >= 15 is 0 Å². The van der Waals surface area contributed by atoms with Gasteiger partial charge in [0.05, 0.1) is 13.7 Å². The first-order valence-corrected chi connectivity index (χ1v) is 10.3. The number of benzene rings is 2. The molecular formula is C24H24N2O3. The van der Waals surface area contributed by atoms with Crippen molar-refractivity contribution in [1.29, 1.82) is 0 Å². The van der Waals surface area contributed by atoms with E-state index in [-0.39, 0.29) is 17.4 Å². The summed E-state index contributed by atoms with van der Waals surface area (Å²) in [7, 11) is 1.71. The first kappa shape index (κ1) is 17.0. The summed E-state index contributed by atoms with van der Waals surface area (Å²) in [6.07, 6.45) is 3.16. The lowest BCUT2D eigenvalue weighted by Crippen LogP contribution is -2.44. The van der Waals surface area contributed by atoms with E-state index in [1.54, 1.807) is 14.0 Å². The number of carbonyl (C=O) groups is 1. The van der Waals surface area contributed by atoms with Crippen molar-refractivity contribution in [1.82, 2.24) is 9.88 Å². The van der Waals surface area contributed by atoms with Crippen LogP contribution in [0.3, 0.4) is 0 Å². The van der Waals surface area contributed by atoms with Gasteiger partial charge in [-0.1, -0.05) is 18.2 Å². The van der Waals surface area contributed by atoms with Crippen molar-refractivity contribution in [3.8, 4) is 11.5 Å². The van der Waals surface area contributed by atoms with Crippen LogP contribution >= 0.6 is 0 Å². The summed E-state index contributed by atoms with van der Waals surface area (Å²) >= 11 is 0. The predicted octanol–water partition coefficient (Wildman–Crippen LogP) is 4.09. The molecule has 29 heavy (non-hydrogen) atoms. The number of nitrogens with one attached hydrogen (secondary N) is 1. The Morgan fingerprint density at radius 1 is 1.28 bits per heavy atom. The lowest BCUT2D eigenvalue weighted by atomic mass is 9.82. The molecule has 6 rings (SSSR count). The Morgan fingerprint density at radius 3 is 2.90 bits per heavy atom. The quantitative estimate of drug-likeness (QED) is 0.719. The van der Waals surface area contributed by atoms with Gasteiger partial charge in [0.15, 0.2) is 0 Å². The second-order valence-corrected chi connectivity index (χ2v) is 8.59. The fraction of sp³-hybridized carbons (Fsp3) is 0.375. The Balaban J connectivity index is 1.64. The number of rotatable bonds is 2. The normalized spacial score (nSPS) is 21.0. The Labute approximate surface area is 169 Å². The van der Waals surface area contributed by atoms with Crippen LogP contribution in [0.4, 0.5) is 0 Å². The van der Waals surface area contributed by atoms with Gasteiger partial charge < -0.3 is 19.4 Å². The molecule has 5 nitrogen and oxygen atoms in total. The molecule has 0 saturated heterocycles. The van der Waals surface area contributed by atoms with Gasteiger partial charge in [0, 0.05) is 47.5 Å². The maximum atomic E-state index is 12.8. The molecule has 1 saturated carbocycles. The molecule has 1 aromatic heterocycles. The van der Waals surface area contributed by atoms with Gasteiger partial charge in [-0.15, -0.1) is 0 Å². The molecule has 1 N–H and O–H groups in total. The fourth-order valence-corrected chi connectivity index (χ4v) is 5.38. The van der Waals surface area contributed by atoms with Crippen molar-refractivity contribution in [3.63, 3.8) is 0 Å². The highest BCUT2D eigenvalue weighted by Gasteiger charge is 2.54. The van der Waals surface area contributed by atoms with Crippen molar-refractivity contribution in [2.45, 2.75) is 37.6 Å². The number of hydrogen-bond donors (Lipinski definition) is 1. The van der Waals surface area contributed by atoms with Crippen LogP contribution in [-0.2, 0) is 16.6 Å². The highest BCUT2D eigenvalue weighted by molar-refractivity contribution is 5.89. The smallest absolute Gasteiger partial charge is 0.220 e. The summed E-state index contributed by atoms with van der Waals surface area (Å²) < 4.78 is 11.5. The molecule has 1 amide bonds. The van der Waals surface area contributed by atoms with E-state index in [2.05, 4.69) is 35.3 Å². The molecular weight excluding hydrogens is 364 g/mol. The van der Waals surface area contributed by atoms with Crippen LogP contribution < -0.4 is 9.47 Å². The van der Waals surface area contributed by atoms with Crippen molar-refractivity contribution in [2.24, 2.45) is 0 Å². The molecule has 3 heterocycles. The molecule has 5 heteroatoms. The highest BCUT2D eigenvalue weighted by Crippen LogP contribution is 2.58. The largest absolute Gasteiger partial charge is 0.497 e. The Hall–Kier alpha value is -2.95. The number of aromatic amines is 1. The van der Waals surface area contributed by atoms with Crippen LogP contribution in [0, 0.1) is 0 Å². The number of aromatic nitrogens is 1. The molecule has 148 valence electrons. The van der Waals surface area contributed by atoms with Gasteiger partial charge in [-0.05, 0) is 42.2 Å². The number of carbonyl (C=O) groups excluding carboxylic acids is 1. The number of fused-ring (bicyclic) bond motifs is 5. The van der Waals surface area contributed by atoms with Gasteiger partial charge >= 0.3 is 0 Å². The van der Waals surface area contributed by atoms with E-state index in [0.717, 1.165) is 54.1 Å². The van der Waals surface area contributed by atoms with Crippen molar-refractivity contribution >= 4 is 16.8 Å². The average Bonchev–Trinajstić information content (AvgIpc) is 3.15. The third-order valence-corrected chi connectivity index (χ3v) is 6.92. The minimum atomic E-state index is -0.153. The van der Waals surface area contributed by atoms with Gasteiger partial charge in [0.2, 0.25) is 5.91 Å². The summed E-state index contributed by atoms with van der Waals surface area (Å²) in [6.45, 7) is 3.15. The van der Waals surface area contributed by atoms with Gasteiger partial charge in [0.1, 0.15) is 17.5 Å². The Morgan fingerprint density at radius 2 is 2.14 bits per heavy atom. The van der Waals surface area contributed by atoms with Crippen molar-refractivity contribution in [3.05, 3.63) is 58.8 Å². The lowest BCUT2D eigenvalue weighted by molar-refractivity contribution is -0.131. The maximum Gasteiger partial charge on any atom is 0.220 e. The Kier molecular flexibility index (Phi) is 3.38. The molecule has 1 aliphatic carbocycles. The first-order valence-electron chi connectivity index (χ1n) is 10.3. The second kappa shape index (κ2) is 5.78. The third-order valence-electron chi connectivity index (χ3n) is 6.92. The van der Waals surface area contributed by atoms with E-state index in [1.165, 1.54) is 16.5 Å². The van der Waals surface area contributed by atoms with Crippen LogP contribution in [0.2, 0.25) is 0 Å². The number of nitrogens with zero attached hydrogens (tertiary/aromatic N) is 1. The number of hydrogen-bond acceptors (Lipinski definition) is 3. The highest BCUT2D eigenvalue weighted by atomic mass is 16.5. The molecule has 2 aromatic carbocycles. The minimum Gasteiger partial charge on any atom is -0.497 e. The minimum absolute atomic E-state index is 0.0565. The molecule has 0 radical (unpaired) electrons. The maximum absolute atomic E-state index is 12.8. The SMILES string of the molecule is COc1ccc2[nH]c3c(c2c1)C1(CC1)CN(C(C)=O)C3c1cccc2c1OCC2. The zero-order valence-corrected chi connectivity index (χ0v) is 16.7. The molecule has 1 atom stereocenters. The van der Waals surface area contributed by atoms with Gasteiger partial charge in [-0.2, -0.15) is 0 Å². The molecule has 0 bridgehead atoms. The zero-order chi connectivity index (χ0) is 19.8. The summed E-state index contributed by atoms with van der Waals surface area (Å²) in [4.78, 5) is 18.5. The number of ether oxygens (including phenoxy) is 2. The standard InChI is InChI=1S/C24H24N2O3/c1-14(27)26-13-24(9-10-24)20-18-12-16(28-2)6-7-19(18)25-21(20)22(26)17-5-3-4-15-8-11-29-23(15)17/h3-7,12,22,25H,8-11,13H2,1-2H3. The molecule has 1 spiro atoms. The van der Waals surface area contributed by atoms with Gasteiger partial charge in [-0.3, -0.25) is 4.79 Å². The molecule has 3 aromatic rings. The van der Waals surface area contributed by atoms with Crippen molar-refractivity contribution < 1.29 is 14.3 Å². The first-order chi connectivity index (χ1) is 14.1. The van der Waals surface area contributed by atoms with Crippen LogP contribution in [0.5, 0.6) is 11.5 Å². The molecule has 2 aliphatic heterocycles. The third kappa shape index (κ3) is 2.30. The van der Waals surface area contributed by atoms with E-state index in [0.29, 0.717) is 6.61 Å². The van der Waals surface area contributed by atoms with E-state index < -0.39 is 0 Å². The Bertz CT molecular complexity index is 1160. The summed E-state index contributed by atoms with van der Waals surface area (Å²) in [5.41, 5.74) is 5.98. The average molecular weight is 388 g/mol. The monoisotopic (exact) mass is 388 g/mol. The second-order valence-electron chi connectivity index (χ2n) is 8.59. The van der Waals surface area contributed by atoms with Crippen LogP contribution in [0.1, 0.15) is 48.2 Å². The fourth-order valence-electron chi connectivity index (χ4n) is 5.38. The van der Waals surface area contributed by atoms with E-state index in [9.17, 15) is 4.79 Å². The number of H-pyrrole nitrogens is 1.